The zero-order chi connectivity index (χ0) is 13.5. The standard InChI is InChI=1S/C16H30N2O/c17-12-15(14-8-2-1-3-9-14)18-16(19)11-10-13-6-4-5-7-13/h13-15H,1-12,17H2,(H,18,19). The van der Waals surface area contributed by atoms with E-state index < -0.39 is 0 Å². The lowest BCUT2D eigenvalue weighted by Gasteiger charge is -2.30. The van der Waals surface area contributed by atoms with Gasteiger partial charge in [-0.05, 0) is 31.1 Å². The summed E-state index contributed by atoms with van der Waals surface area (Å²) < 4.78 is 0. The molecule has 0 radical (unpaired) electrons. The second-order valence-electron chi connectivity index (χ2n) is 6.50. The highest BCUT2D eigenvalue weighted by Gasteiger charge is 2.24. The number of carbonyl (C=O) groups excluding carboxylic acids is 1. The van der Waals surface area contributed by atoms with Gasteiger partial charge in [-0.1, -0.05) is 44.9 Å². The minimum atomic E-state index is 0.219. The molecule has 0 heterocycles. The fourth-order valence-electron chi connectivity index (χ4n) is 3.82. The van der Waals surface area contributed by atoms with E-state index in [1.807, 2.05) is 0 Å². The van der Waals surface area contributed by atoms with Gasteiger partial charge in [0.05, 0.1) is 0 Å². The molecule has 19 heavy (non-hydrogen) atoms. The fourth-order valence-corrected chi connectivity index (χ4v) is 3.82. The lowest BCUT2D eigenvalue weighted by atomic mass is 9.84. The predicted octanol–water partition coefficient (Wildman–Crippen LogP) is 2.98. The Morgan fingerprint density at radius 1 is 1.05 bits per heavy atom. The first kappa shape index (κ1) is 14.8. The van der Waals surface area contributed by atoms with E-state index in [1.54, 1.807) is 0 Å². The zero-order valence-corrected chi connectivity index (χ0v) is 12.2. The van der Waals surface area contributed by atoms with Crippen LogP contribution in [0.15, 0.2) is 0 Å². The third-order valence-corrected chi connectivity index (χ3v) is 5.07. The summed E-state index contributed by atoms with van der Waals surface area (Å²) in [6.45, 7) is 0.597. The van der Waals surface area contributed by atoms with Gasteiger partial charge in [-0.25, -0.2) is 0 Å². The highest BCUT2D eigenvalue weighted by molar-refractivity contribution is 5.76. The molecular formula is C16H30N2O. The van der Waals surface area contributed by atoms with Crippen LogP contribution in [0, 0.1) is 11.8 Å². The largest absolute Gasteiger partial charge is 0.352 e. The molecule has 0 saturated heterocycles. The summed E-state index contributed by atoms with van der Waals surface area (Å²) in [5, 5.41) is 3.20. The van der Waals surface area contributed by atoms with Crippen LogP contribution in [-0.2, 0) is 4.79 Å². The van der Waals surface area contributed by atoms with E-state index in [0.29, 0.717) is 18.9 Å². The van der Waals surface area contributed by atoms with Crippen LogP contribution in [0.3, 0.4) is 0 Å². The van der Waals surface area contributed by atoms with Crippen molar-refractivity contribution < 1.29 is 4.79 Å². The van der Waals surface area contributed by atoms with Crippen molar-refractivity contribution >= 4 is 5.91 Å². The van der Waals surface area contributed by atoms with Crippen molar-refractivity contribution in [2.24, 2.45) is 17.6 Å². The number of rotatable bonds is 6. The second-order valence-corrected chi connectivity index (χ2v) is 6.50. The highest BCUT2D eigenvalue weighted by atomic mass is 16.1. The Balaban J connectivity index is 1.69. The molecule has 0 aromatic carbocycles. The van der Waals surface area contributed by atoms with E-state index >= 15 is 0 Å². The minimum Gasteiger partial charge on any atom is -0.352 e. The molecule has 0 aliphatic heterocycles. The minimum absolute atomic E-state index is 0.219. The molecule has 2 fully saturated rings. The molecule has 2 saturated carbocycles. The maximum atomic E-state index is 12.0. The molecule has 0 aromatic heterocycles. The first-order chi connectivity index (χ1) is 9.29. The number of nitrogens with two attached hydrogens (primary N) is 1. The molecule has 3 heteroatoms. The Bertz CT molecular complexity index is 268. The van der Waals surface area contributed by atoms with E-state index in [2.05, 4.69) is 5.32 Å². The van der Waals surface area contributed by atoms with Crippen LogP contribution >= 0.6 is 0 Å². The van der Waals surface area contributed by atoms with Crippen LogP contribution in [0.5, 0.6) is 0 Å². The smallest absolute Gasteiger partial charge is 0.220 e. The number of amides is 1. The first-order valence-electron chi connectivity index (χ1n) is 8.29. The summed E-state index contributed by atoms with van der Waals surface area (Å²) in [6, 6.07) is 0.219. The van der Waals surface area contributed by atoms with E-state index in [1.165, 1.54) is 57.8 Å². The van der Waals surface area contributed by atoms with E-state index in [-0.39, 0.29) is 11.9 Å². The number of nitrogens with one attached hydrogen (secondary N) is 1. The van der Waals surface area contributed by atoms with Crippen molar-refractivity contribution in [2.75, 3.05) is 6.54 Å². The average Bonchev–Trinajstić information content (AvgIpc) is 2.97. The summed E-state index contributed by atoms with van der Waals surface area (Å²) in [5.74, 6) is 1.65. The third-order valence-electron chi connectivity index (χ3n) is 5.07. The highest BCUT2D eigenvalue weighted by Crippen LogP contribution is 2.29. The Kier molecular flexibility index (Phi) is 6.15. The molecule has 2 rings (SSSR count). The van der Waals surface area contributed by atoms with Gasteiger partial charge in [0.2, 0.25) is 5.91 Å². The van der Waals surface area contributed by atoms with Crippen LogP contribution in [0.1, 0.15) is 70.6 Å². The van der Waals surface area contributed by atoms with E-state index in [9.17, 15) is 4.79 Å². The monoisotopic (exact) mass is 266 g/mol. The van der Waals surface area contributed by atoms with Crippen molar-refractivity contribution in [3.63, 3.8) is 0 Å². The summed E-state index contributed by atoms with van der Waals surface area (Å²) in [5.41, 5.74) is 5.86. The van der Waals surface area contributed by atoms with Crippen molar-refractivity contribution in [1.82, 2.24) is 5.32 Å². The lowest BCUT2D eigenvalue weighted by Crippen LogP contribution is -2.45. The van der Waals surface area contributed by atoms with Gasteiger partial charge in [0.25, 0.3) is 0 Å². The molecule has 2 aliphatic rings. The molecule has 3 N–H and O–H groups in total. The lowest BCUT2D eigenvalue weighted by molar-refractivity contribution is -0.122. The Labute approximate surface area is 117 Å². The van der Waals surface area contributed by atoms with E-state index in [4.69, 9.17) is 5.73 Å². The number of hydrogen-bond acceptors (Lipinski definition) is 2. The average molecular weight is 266 g/mol. The SMILES string of the molecule is NCC(NC(=O)CCC1CCCC1)C1CCCCC1. The number of hydrogen-bond donors (Lipinski definition) is 2. The molecule has 0 bridgehead atoms. The topological polar surface area (TPSA) is 55.1 Å². The molecule has 1 unspecified atom stereocenters. The van der Waals surface area contributed by atoms with Gasteiger partial charge in [0.1, 0.15) is 0 Å². The normalized spacial score (nSPS) is 23.4. The van der Waals surface area contributed by atoms with Crippen molar-refractivity contribution in [2.45, 2.75) is 76.7 Å². The molecule has 110 valence electrons. The maximum absolute atomic E-state index is 12.0. The van der Waals surface area contributed by atoms with Gasteiger partial charge in [-0.15, -0.1) is 0 Å². The molecule has 1 amide bonds. The van der Waals surface area contributed by atoms with Gasteiger partial charge in [0.15, 0.2) is 0 Å². The van der Waals surface area contributed by atoms with Gasteiger partial charge in [-0.2, -0.15) is 0 Å². The van der Waals surface area contributed by atoms with Crippen molar-refractivity contribution in [3.8, 4) is 0 Å². The van der Waals surface area contributed by atoms with Crippen molar-refractivity contribution in [1.29, 1.82) is 0 Å². The van der Waals surface area contributed by atoms with Crippen molar-refractivity contribution in [3.05, 3.63) is 0 Å². The quantitative estimate of drug-likeness (QED) is 0.776. The zero-order valence-electron chi connectivity index (χ0n) is 12.2. The van der Waals surface area contributed by atoms with Gasteiger partial charge < -0.3 is 11.1 Å². The van der Waals surface area contributed by atoms with Crippen LogP contribution in [0.4, 0.5) is 0 Å². The summed E-state index contributed by atoms with van der Waals surface area (Å²) in [7, 11) is 0. The summed E-state index contributed by atoms with van der Waals surface area (Å²) in [6.07, 6.45) is 13.6. The Morgan fingerprint density at radius 2 is 1.68 bits per heavy atom. The molecule has 0 spiro atoms. The molecule has 3 nitrogen and oxygen atoms in total. The maximum Gasteiger partial charge on any atom is 0.220 e. The van der Waals surface area contributed by atoms with Crippen LogP contribution in [-0.4, -0.2) is 18.5 Å². The molecule has 1 atom stereocenters. The van der Waals surface area contributed by atoms with Crippen LogP contribution in [0.25, 0.3) is 0 Å². The number of carbonyl (C=O) groups is 1. The first-order valence-corrected chi connectivity index (χ1v) is 8.29. The molecule has 2 aliphatic carbocycles. The predicted molar refractivity (Wildman–Crippen MR) is 78.8 cm³/mol. The Morgan fingerprint density at radius 3 is 2.32 bits per heavy atom. The molecular weight excluding hydrogens is 236 g/mol. The summed E-state index contributed by atoms with van der Waals surface area (Å²) in [4.78, 5) is 12.0. The summed E-state index contributed by atoms with van der Waals surface area (Å²) >= 11 is 0. The fraction of sp³-hybridized carbons (Fsp3) is 0.938. The second kappa shape index (κ2) is 7.88. The Hall–Kier alpha value is -0.570. The van der Waals surface area contributed by atoms with Crippen LogP contribution < -0.4 is 11.1 Å². The van der Waals surface area contributed by atoms with E-state index in [0.717, 1.165) is 12.3 Å². The van der Waals surface area contributed by atoms with Crippen LogP contribution in [0.2, 0.25) is 0 Å². The van der Waals surface area contributed by atoms with Gasteiger partial charge >= 0.3 is 0 Å². The molecule has 0 aromatic rings. The van der Waals surface area contributed by atoms with Gasteiger partial charge in [0, 0.05) is 19.0 Å². The van der Waals surface area contributed by atoms with Gasteiger partial charge in [-0.3, -0.25) is 4.79 Å². The third kappa shape index (κ3) is 4.79.